The van der Waals surface area contributed by atoms with Gasteiger partial charge in [-0.15, -0.1) is 0 Å². The Hall–Kier alpha value is -1.83. The second-order valence-corrected chi connectivity index (χ2v) is 7.06. The molecule has 26 heavy (non-hydrogen) atoms. The molecule has 0 unspecified atom stereocenters. The van der Waals surface area contributed by atoms with Crippen molar-refractivity contribution in [1.29, 1.82) is 0 Å². The third-order valence-electron chi connectivity index (χ3n) is 4.88. The second-order valence-electron chi connectivity index (χ2n) is 6.63. The third-order valence-corrected chi connectivity index (χ3v) is 5.12. The number of hydrogen-bond donors (Lipinski definition) is 2. The van der Waals surface area contributed by atoms with Crippen LogP contribution in [0.2, 0.25) is 5.02 Å². The maximum absolute atomic E-state index is 12.3. The second kappa shape index (κ2) is 8.70. The average molecular weight is 381 g/mol. The number of nitrogens with one attached hydrogen (secondary N) is 1. The van der Waals surface area contributed by atoms with Crippen molar-refractivity contribution in [3.63, 3.8) is 0 Å². The number of nitrogens with zero attached hydrogens (tertiary/aromatic N) is 2. The summed E-state index contributed by atoms with van der Waals surface area (Å²) in [5, 5.41) is 3.39. The number of carbonyl (C=O) groups excluding carboxylic acids is 2. The van der Waals surface area contributed by atoms with E-state index in [2.05, 4.69) is 10.2 Å². The van der Waals surface area contributed by atoms with Crippen LogP contribution in [0, 0.1) is 0 Å². The van der Waals surface area contributed by atoms with Crippen LogP contribution in [0.1, 0.15) is 12.8 Å². The Morgan fingerprint density at radius 1 is 1.23 bits per heavy atom. The summed E-state index contributed by atoms with van der Waals surface area (Å²) < 4.78 is 5.54. The summed E-state index contributed by atoms with van der Waals surface area (Å²) in [5.41, 5.74) is 6.61. The maximum atomic E-state index is 12.3. The average Bonchev–Trinajstić information content (AvgIpc) is 3.15. The van der Waals surface area contributed by atoms with Crippen LogP contribution >= 0.6 is 11.6 Å². The van der Waals surface area contributed by atoms with Crippen molar-refractivity contribution < 1.29 is 14.3 Å². The molecule has 7 nitrogen and oxygen atoms in total. The molecule has 2 aliphatic rings. The smallest absolute Gasteiger partial charge is 0.249 e. The van der Waals surface area contributed by atoms with E-state index in [-0.39, 0.29) is 24.5 Å². The molecule has 2 atom stereocenters. The molecule has 2 saturated heterocycles. The van der Waals surface area contributed by atoms with Gasteiger partial charge in [0.05, 0.1) is 12.6 Å². The van der Waals surface area contributed by atoms with E-state index in [9.17, 15) is 9.59 Å². The molecule has 0 saturated carbocycles. The van der Waals surface area contributed by atoms with E-state index in [0.717, 1.165) is 25.2 Å². The molecule has 1 aromatic rings. The van der Waals surface area contributed by atoms with Gasteiger partial charge in [0.25, 0.3) is 0 Å². The van der Waals surface area contributed by atoms with Crippen molar-refractivity contribution in [2.75, 3.05) is 44.2 Å². The minimum Gasteiger partial charge on any atom is -0.368 e. The highest BCUT2D eigenvalue weighted by Crippen LogP contribution is 2.21. The van der Waals surface area contributed by atoms with Gasteiger partial charge in [0.15, 0.2) is 0 Å². The number of nitrogens with two attached hydrogens (primary N) is 1. The number of hydrogen-bond acceptors (Lipinski definition) is 5. The van der Waals surface area contributed by atoms with Crippen LogP contribution in [0.4, 0.5) is 5.69 Å². The van der Waals surface area contributed by atoms with Gasteiger partial charge in [-0.3, -0.25) is 9.59 Å². The van der Waals surface area contributed by atoms with E-state index in [1.54, 1.807) is 4.90 Å². The number of ether oxygens (including phenoxy) is 1. The predicted molar refractivity (Wildman–Crippen MR) is 100 cm³/mol. The first kappa shape index (κ1) is 18.9. The summed E-state index contributed by atoms with van der Waals surface area (Å²) in [6.07, 6.45) is 0.894. The van der Waals surface area contributed by atoms with E-state index in [4.69, 9.17) is 22.1 Å². The Labute approximate surface area is 158 Å². The fraction of sp³-hybridized carbons (Fsp3) is 0.556. The number of benzene rings is 1. The summed E-state index contributed by atoms with van der Waals surface area (Å²) in [4.78, 5) is 28.4. The van der Waals surface area contributed by atoms with Gasteiger partial charge < -0.3 is 25.6 Å². The van der Waals surface area contributed by atoms with Gasteiger partial charge in [-0.25, -0.2) is 0 Å². The molecule has 0 radical (unpaired) electrons. The minimum atomic E-state index is -0.490. The first-order chi connectivity index (χ1) is 12.6. The Balaban J connectivity index is 1.42. The van der Waals surface area contributed by atoms with Crippen molar-refractivity contribution in [1.82, 2.24) is 10.2 Å². The maximum Gasteiger partial charge on any atom is 0.249 e. The van der Waals surface area contributed by atoms with Gasteiger partial charge >= 0.3 is 0 Å². The number of rotatable bonds is 5. The molecule has 2 heterocycles. The molecule has 2 fully saturated rings. The standard InChI is InChI=1S/C18H25ClN4O3/c19-13-2-1-3-14(10-13)22-6-8-23(9-7-22)17(24)12-21-18(25)16-5-4-15(11-20)26-16/h1-3,10,15-16H,4-9,11-12,20H2,(H,21,25)/t15-,16+/m1/s1. The zero-order valence-electron chi connectivity index (χ0n) is 14.7. The van der Waals surface area contributed by atoms with Crippen LogP contribution < -0.4 is 16.0 Å². The lowest BCUT2D eigenvalue weighted by atomic mass is 10.2. The molecule has 0 aliphatic carbocycles. The molecule has 0 aromatic heterocycles. The lowest BCUT2D eigenvalue weighted by Gasteiger charge is -2.36. The molecule has 1 aromatic carbocycles. The number of carbonyl (C=O) groups is 2. The largest absolute Gasteiger partial charge is 0.368 e. The summed E-state index contributed by atoms with van der Waals surface area (Å²) in [7, 11) is 0. The molecule has 3 N–H and O–H groups in total. The van der Waals surface area contributed by atoms with Crippen molar-refractivity contribution >= 4 is 29.1 Å². The van der Waals surface area contributed by atoms with Crippen molar-refractivity contribution in [2.45, 2.75) is 25.0 Å². The molecular weight excluding hydrogens is 356 g/mol. The van der Waals surface area contributed by atoms with Gasteiger partial charge in [0.2, 0.25) is 11.8 Å². The van der Waals surface area contributed by atoms with Crippen LogP contribution in [0.3, 0.4) is 0 Å². The van der Waals surface area contributed by atoms with Crippen molar-refractivity contribution in [3.8, 4) is 0 Å². The number of piperazine rings is 1. The molecular formula is C18H25ClN4O3. The minimum absolute atomic E-state index is 0.00313. The topological polar surface area (TPSA) is 87.9 Å². The SMILES string of the molecule is NC[C@H]1CC[C@@H](C(=O)NCC(=O)N2CCN(c3cccc(Cl)c3)CC2)O1. The molecule has 8 heteroatoms. The lowest BCUT2D eigenvalue weighted by Crippen LogP contribution is -2.51. The van der Waals surface area contributed by atoms with E-state index in [1.807, 2.05) is 24.3 Å². The van der Waals surface area contributed by atoms with Crippen molar-refractivity contribution in [3.05, 3.63) is 29.3 Å². The summed E-state index contributed by atoms with van der Waals surface area (Å²) in [5.74, 6) is -0.302. The quantitative estimate of drug-likeness (QED) is 0.781. The third kappa shape index (κ3) is 4.66. The summed E-state index contributed by atoms with van der Waals surface area (Å²) in [6, 6.07) is 7.71. The first-order valence-electron chi connectivity index (χ1n) is 8.98. The lowest BCUT2D eigenvalue weighted by molar-refractivity contribution is -0.137. The highest BCUT2D eigenvalue weighted by atomic mass is 35.5. The fourth-order valence-electron chi connectivity index (χ4n) is 3.35. The Morgan fingerprint density at radius 2 is 2.00 bits per heavy atom. The van der Waals surface area contributed by atoms with Crippen LogP contribution in [0.5, 0.6) is 0 Å². The first-order valence-corrected chi connectivity index (χ1v) is 9.36. The van der Waals surface area contributed by atoms with Gasteiger partial charge in [-0.1, -0.05) is 17.7 Å². The normalized spacial score (nSPS) is 23.2. The number of halogens is 1. The van der Waals surface area contributed by atoms with Gasteiger partial charge in [-0.05, 0) is 31.0 Å². The van der Waals surface area contributed by atoms with Crippen LogP contribution in [-0.4, -0.2) is 68.2 Å². The molecule has 0 bridgehead atoms. The number of amides is 2. The van der Waals surface area contributed by atoms with Crippen LogP contribution in [0.15, 0.2) is 24.3 Å². The number of anilines is 1. The Morgan fingerprint density at radius 3 is 2.65 bits per heavy atom. The fourth-order valence-corrected chi connectivity index (χ4v) is 3.53. The van der Waals surface area contributed by atoms with E-state index < -0.39 is 6.10 Å². The van der Waals surface area contributed by atoms with Crippen LogP contribution in [0.25, 0.3) is 0 Å². The van der Waals surface area contributed by atoms with Gasteiger partial charge in [-0.2, -0.15) is 0 Å². The highest BCUT2D eigenvalue weighted by molar-refractivity contribution is 6.30. The predicted octanol–water partition coefficient (Wildman–Crippen LogP) is 0.611. The van der Waals surface area contributed by atoms with E-state index in [0.29, 0.717) is 31.1 Å². The van der Waals surface area contributed by atoms with Crippen molar-refractivity contribution in [2.24, 2.45) is 5.73 Å². The summed E-state index contributed by atoms with van der Waals surface area (Å²) in [6.45, 7) is 3.14. The Kier molecular flexibility index (Phi) is 6.34. The summed E-state index contributed by atoms with van der Waals surface area (Å²) >= 11 is 6.04. The zero-order valence-corrected chi connectivity index (χ0v) is 15.5. The monoisotopic (exact) mass is 380 g/mol. The van der Waals surface area contributed by atoms with Crippen LogP contribution in [-0.2, 0) is 14.3 Å². The van der Waals surface area contributed by atoms with Gasteiger partial charge in [0.1, 0.15) is 6.10 Å². The molecule has 142 valence electrons. The zero-order chi connectivity index (χ0) is 18.5. The highest BCUT2D eigenvalue weighted by Gasteiger charge is 2.30. The van der Waals surface area contributed by atoms with Gasteiger partial charge in [0, 0.05) is 43.4 Å². The molecule has 2 amide bonds. The molecule has 2 aliphatic heterocycles. The molecule has 0 spiro atoms. The van der Waals surface area contributed by atoms with E-state index in [1.165, 1.54) is 0 Å². The Bertz CT molecular complexity index is 649. The van der Waals surface area contributed by atoms with E-state index >= 15 is 0 Å². The molecule has 3 rings (SSSR count).